The molecule has 1 fully saturated rings. The summed E-state index contributed by atoms with van der Waals surface area (Å²) >= 11 is 1.87. The van der Waals surface area contributed by atoms with Crippen LogP contribution in [0.4, 0.5) is 0 Å². The Kier molecular flexibility index (Phi) is 3.78. The summed E-state index contributed by atoms with van der Waals surface area (Å²) in [6.45, 7) is 4.20. The molecule has 3 N–H and O–H groups in total. The molecule has 0 amide bonds. The third-order valence-corrected chi connectivity index (χ3v) is 3.98. The van der Waals surface area contributed by atoms with Gasteiger partial charge in [0.05, 0.1) is 0 Å². The van der Waals surface area contributed by atoms with Crippen LogP contribution in [0.3, 0.4) is 0 Å². The number of hydrogen-bond donors (Lipinski definition) is 2. The fourth-order valence-electron chi connectivity index (χ4n) is 1.82. The summed E-state index contributed by atoms with van der Waals surface area (Å²) in [4.78, 5) is 2.81. The third kappa shape index (κ3) is 3.59. The fourth-order valence-corrected chi connectivity index (χ4v) is 2.68. The van der Waals surface area contributed by atoms with Gasteiger partial charge in [-0.05, 0) is 50.8 Å². The summed E-state index contributed by atoms with van der Waals surface area (Å²) in [7, 11) is 0. The van der Waals surface area contributed by atoms with Crippen LogP contribution in [-0.4, -0.2) is 12.6 Å². The highest BCUT2D eigenvalue weighted by atomic mass is 32.1. The minimum atomic E-state index is 0.433. The zero-order chi connectivity index (χ0) is 10.7. The van der Waals surface area contributed by atoms with Crippen LogP contribution in [0.2, 0.25) is 0 Å². The van der Waals surface area contributed by atoms with Gasteiger partial charge >= 0.3 is 0 Å². The van der Waals surface area contributed by atoms with Crippen molar-refractivity contribution in [2.24, 2.45) is 11.7 Å². The van der Waals surface area contributed by atoms with Crippen LogP contribution < -0.4 is 11.1 Å². The average Bonchev–Trinajstić information content (AvgIpc) is 2.98. The zero-order valence-corrected chi connectivity index (χ0v) is 10.1. The van der Waals surface area contributed by atoms with Crippen LogP contribution >= 0.6 is 11.3 Å². The van der Waals surface area contributed by atoms with Crippen molar-refractivity contribution in [3.05, 3.63) is 21.9 Å². The minimum Gasteiger partial charge on any atom is -0.327 e. The summed E-state index contributed by atoms with van der Waals surface area (Å²) in [5.41, 5.74) is 6.03. The first kappa shape index (κ1) is 11.1. The van der Waals surface area contributed by atoms with E-state index in [0.717, 1.165) is 25.4 Å². The van der Waals surface area contributed by atoms with Gasteiger partial charge in [-0.3, -0.25) is 0 Å². The van der Waals surface area contributed by atoms with Crippen LogP contribution in [0.25, 0.3) is 0 Å². The van der Waals surface area contributed by atoms with Gasteiger partial charge in [0.25, 0.3) is 0 Å². The molecular formula is C12H20N2S. The van der Waals surface area contributed by atoms with Gasteiger partial charge in [0, 0.05) is 22.3 Å². The Hall–Kier alpha value is -0.380. The number of nitrogens with two attached hydrogens (primary N) is 1. The predicted octanol–water partition coefficient (Wildman–Crippen LogP) is 2.27. The molecule has 1 aliphatic carbocycles. The van der Waals surface area contributed by atoms with Gasteiger partial charge in [-0.25, -0.2) is 0 Å². The second-order valence-corrected chi connectivity index (χ2v) is 5.85. The van der Waals surface area contributed by atoms with Crippen molar-refractivity contribution in [2.45, 2.75) is 38.8 Å². The number of rotatable bonds is 6. The second kappa shape index (κ2) is 5.10. The number of aryl methyl sites for hydroxylation is 1. The maximum Gasteiger partial charge on any atom is 0.0299 e. The number of thiophene rings is 1. The molecule has 2 rings (SSSR count). The topological polar surface area (TPSA) is 38.0 Å². The molecule has 2 nitrogen and oxygen atoms in total. The molecule has 0 aliphatic heterocycles. The fraction of sp³-hybridized carbons (Fsp3) is 0.667. The van der Waals surface area contributed by atoms with Gasteiger partial charge in [0.1, 0.15) is 0 Å². The Balaban J connectivity index is 1.58. The SMILES string of the molecule is Cc1ccc(CNCCC(N)C2CC2)s1. The number of nitrogens with one attached hydrogen (secondary N) is 1. The highest BCUT2D eigenvalue weighted by Crippen LogP contribution is 2.32. The minimum absolute atomic E-state index is 0.433. The highest BCUT2D eigenvalue weighted by molar-refractivity contribution is 7.11. The van der Waals surface area contributed by atoms with E-state index in [4.69, 9.17) is 5.73 Å². The predicted molar refractivity (Wildman–Crippen MR) is 66.1 cm³/mol. The molecule has 3 heteroatoms. The van der Waals surface area contributed by atoms with E-state index in [1.54, 1.807) is 0 Å². The molecule has 1 saturated carbocycles. The van der Waals surface area contributed by atoms with Crippen LogP contribution in [-0.2, 0) is 6.54 Å². The standard InChI is InChI=1S/C12H20N2S/c1-9-2-5-11(15-9)8-14-7-6-12(13)10-3-4-10/h2,5,10,12,14H,3-4,6-8,13H2,1H3. The summed E-state index contributed by atoms with van der Waals surface area (Å²) in [5, 5.41) is 3.46. The lowest BCUT2D eigenvalue weighted by atomic mass is 10.1. The van der Waals surface area contributed by atoms with Gasteiger partial charge in [0.2, 0.25) is 0 Å². The first-order valence-corrected chi connectivity index (χ1v) is 6.59. The van der Waals surface area contributed by atoms with Gasteiger partial charge in [0.15, 0.2) is 0 Å². The van der Waals surface area contributed by atoms with Crippen molar-refractivity contribution in [2.75, 3.05) is 6.54 Å². The van der Waals surface area contributed by atoms with E-state index in [-0.39, 0.29) is 0 Å². The van der Waals surface area contributed by atoms with Crippen LogP contribution in [0.1, 0.15) is 29.0 Å². The monoisotopic (exact) mass is 224 g/mol. The average molecular weight is 224 g/mol. The van der Waals surface area contributed by atoms with Crippen LogP contribution in [0.15, 0.2) is 12.1 Å². The molecule has 1 atom stereocenters. The Labute approximate surface area is 95.9 Å². The molecule has 1 heterocycles. The number of hydrogen-bond acceptors (Lipinski definition) is 3. The Morgan fingerprint density at radius 3 is 2.93 bits per heavy atom. The van der Waals surface area contributed by atoms with Crippen molar-refractivity contribution in [1.29, 1.82) is 0 Å². The molecule has 0 saturated heterocycles. The van der Waals surface area contributed by atoms with E-state index < -0.39 is 0 Å². The van der Waals surface area contributed by atoms with Crippen molar-refractivity contribution in [3.63, 3.8) is 0 Å². The summed E-state index contributed by atoms with van der Waals surface area (Å²) in [6.07, 6.45) is 3.82. The molecule has 0 bridgehead atoms. The normalized spacial score (nSPS) is 18.0. The van der Waals surface area contributed by atoms with Gasteiger partial charge < -0.3 is 11.1 Å². The van der Waals surface area contributed by atoms with Crippen LogP contribution in [0.5, 0.6) is 0 Å². The van der Waals surface area contributed by atoms with E-state index >= 15 is 0 Å². The molecule has 0 radical (unpaired) electrons. The molecule has 1 unspecified atom stereocenters. The lowest BCUT2D eigenvalue weighted by Crippen LogP contribution is -2.27. The third-order valence-electron chi connectivity index (χ3n) is 2.98. The van der Waals surface area contributed by atoms with Crippen LogP contribution in [0, 0.1) is 12.8 Å². The summed E-state index contributed by atoms with van der Waals surface area (Å²) < 4.78 is 0. The van der Waals surface area contributed by atoms with E-state index in [2.05, 4.69) is 24.4 Å². The summed E-state index contributed by atoms with van der Waals surface area (Å²) in [6, 6.07) is 4.81. The van der Waals surface area contributed by atoms with Crippen molar-refractivity contribution in [3.8, 4) is 0 Å². The molecular weight excluding hydrogens is 204 g/mol. The summed E-state index contributed by atoms with van der Waals surface area (Å²) in [5.74, 6) is 0.829. The van der Waals surface area contributed by atoms with E-state index in [0.29, 0.717) is 6.04 Å². The highest BCUT2D eigenvalue weighted by Gasteiger charge is 2.27. The van der Waals surface area contributed by atoms with Crippen molar-refractivity contribution in [1.82, 2.24) is 5.32 Å². The van der Waals surface area contributed by atoms with E-state index in [9.17, 15) is 0 Å². The quantitative estimate of drug-likeness (QED) is 0.728. The zero-order valence-electron chi connectivity index (χ0n) is 9.33. The van der Waals surface area contributed by atoms with E-state index in [1.165, 1.54) is 22.6 Å². The first-order chi connectivity index (χ1) is 7.25. The Bertz CT molecular complexity index is 304. The molecule has 1 aromatic heterocycles. The lowest BCUT2D eigenvalue weighted by Gasteiger charge is -2.10. The van der Waals surface area contributed by atoms with E-state index in [1.807, 2.05) is 11.3 Å². The molecule has 15 heavy (non-hydrogen) atoms. The van der Waals surface area contributed by atoms with Gasteiger partial charge in [-0.2, -0.15) is 0 Å². The Morgan fingerprint density at radius 2 is 2.33 bits per heavy atom. The molecule has 1 aliphatic rings. The van der Waals surface area contributed by atoms with Crippen molar-refractivity contribution >= 4 is 11.3 Å². The second-order valence-electron chi connectivity index (χ2n) is 4.48. The molecule has 0 aromatic carbocycles. The molecule has 1 aromatic rings. The largest absolute Gasteiger partial charge is 0.327 e. The van der Waals surface area contributed by atoms with Crippen molar-refractivity contribution < 1.29 is 0 Å². The maximum absolute atomic E-state index is 6.03. The van der Waals surface area contributed by atoms with Gasteiger partial charge in [-0.15, -0.1) is 11.3 Å². The maximum atomic E-state index is 6.03. The Morgan fingerprint density at radius 1 is 1.53 bits per heavy atom. The molecule has 84 valence electrons. The molecule has 0 spiro atoms. The smallest absolute Gasteiger partial charge is 0.0299 e. The first-order valence-electron chi connectivity index (χ1n) is 5.77. The lowest BCUT2D eigenvalue weighted by molar-refractivity contribution is 0.518. The van der Waals surface area contributed by atoms with Gasteiger partial charge in [-0.1, -0.05) is 0 Å².